The van der Waals surface area contributed by atoms with Crippen LogP contribution in [-0.4, -0.2) is 22.6 Å². The first-order valence-electron chi connectivity index (χ1n) is 8.72. The Morgan fingerprint density at radius 2 is 1.89 bits per heavy atom. The molecule has 0 atom stereocenters. The zero-order valence-corrected chi connectivity index (χ0v) is 14.5. The molecule has 1 aliphatic heterocycles. The molecule has 2 aromatic carbocycles. The van der Waals surface area contributed by atoms with Crippen molar-refractivity contribution < 1.29 is 14.3 Å². The molecule has 6 heteroatoms. The van der Waals surface area contributed by atoms with Crippen molar-refractivity contribution in [3.05, 3.63) is 83.8 Å². The molecule has 5 nitrogen and oxygen atoms in total. The normalized spacial score (nSPS) is 14.0. The number of para-hydroxylation sites is 1. The van der Waals surface area contributed by atoms with Crippen LogP contribution >= 0.6 is 0 Å². The number of amidine groups is 1. The zero-order valence-electron chi connectivity index (χ0n) is 14.5. The molecule has 3 aromatic rings. The van der Waals surface area contributed by atoms with Crippen LogP contribution in [0, 0.1) is 5.82 Å². The minimum Gasteiger partial charge on any atom is -0.439 e. The molecule has 0 spiro atoms. The maximum absolute atomic E-state index is 13.0. The summed E-state index contributed by atoms with van der Waals surface area (Å²) >= 11 is 0. The van der Waals surface area contributed by atoms with E-state index >= 15 is 0 Å². The minimum absolute atomic E-state index is 0.323. The number of hydrogen-bond acceptors (Lipinski definition) is 4. The van der Waals surface area contributed by atoms with E-state index in [9.17, 15) is 9.60 Å². The van der Waals surface area contributed by atoms with Gasteiger partial charge in [-0.1, -0.05) is 23.4 Å². The van der Waals surface area contributed by atoms with Gasteiger partial charge in [-0.05, 0) is 54.8 Å². The molecule has 0 fully saturated rings. The van der Waals surface area contributed by atoms with Crippen LogP contribution in [0.1, 0.15) is 17.5 Å². The Bertz CT molecular complexity index is 956. The van der Waals surface area contributed by atoms with Crippen LogP contribution in [0.25, 0.3) is 0 Å². The third-order valence-electron chi connectivity index (χ3n) is 4.49. The highest BCUT2D eigenvalue weighted by molar-refractivity contribution is 6.10. The maximum atomic E-state index is 13.0. The number of hydrogen-bond donors (Lipinski definition) is 1. The first-order chi connectivity index (χ1) is 13.2. The topological polar surface area (TPSA) is 58.0 Å². The summed E-state index contributed by atoms with van der Waals surface area (Å²) in [5.41, 5.74) is 2.96. The predicted molar refractivity (Wildman–Crippen MR) is 101 cm³/mol. The number of anilines is 1. The summed E-state index contributed by atoms with van der Waals surface area (Å²) in [4.78, 5) is 6.28. The van der Waals surface area contributed by atoms with Crippen LogP contribution in [0.3, 0.4) is 0 Å². The molecule has 1 N–H and O–H groups in total. The minimum atomic E-state index is -0.323. The number of halogens is 1. The monoisotopic (exact) mass is 363 g/mol. The molecular weight excluding hydrogens is 345 g/mol. The molecule has 0 amide bonds. The van der Waals surface area contributed by atoms with Crippen LogP contribution < -0.4 is 9.64 Å². The van der Waals surface area contributed by atoms with E-state index < -0.39 is 0 Å². The molecule has 2 heterocycles. The highest BCUT2D eigenvalue weighted by atomic mass is 19.1. The molecule has 0 aliphatic carbocycles. The lowest BCUT2D eigenvalue weighted by molar-refractivity contribution is 0.318. The fourth-order valence-corrected chi connectivity index (χ4v) is 3.22. The van der Waals surface area contributed by atoms with Crippen LogP contribution in [0.15, 0.2) is 72.0 Å². The Morgan fingerprint density at radius 3 is 2.63 bits per heavy atom. The highest BCUT2D eigenvalue weighted by Crippen LogP contribution is 2.28. The number of oxime groups is 1. The van der Waals surface area contributed by atoms with Gasteiger partial charge in [0, 0.05) is 30.1 Å². The summed E-state index contributed by atoms with van der Waals surface area (Å²) in [6.45, 7) is 0.768. The van der Waals surface area contributed by atoms with E-state index in [-0.39, 0.29) is 5.82 Å². The Morgan fingerprint density at radius 1 is 1.07 bits per heavy atom. The van der Waals surface area contributed by atoms with Gasteiger partial charge in [0.25, 0.3) is 0 Å². The molecule has 1 aliphatic rings. The van der Waals surface area contributed by atoms with Crippen molar-refractivity contribution in [2.75, 3.05) is 11.4 Å². The van der Waals surface area contributed by atoms with E-state index in [1.807, 2.05) is 23.1 Å². The van der Waals surface area contributed by atoms with Crippen LogP contribution in [0.4, 0.5) is 10.1 Å². The molecule has 0 bridgehead atoms. The number of benzene rings is 2. The number of pyridine rings is 1. The lowest BCUT2D eigenvalue weighted by Crippen LogP contribution is -2.36. The fraction of sp³-hybridized carbons (Fsp3) is 0.143. The third kappa shape index (κ3) is 3.60. The molecule has 136 valence electrons. The fourth-order valence-electron chi connectivity index (χ4n) is 3.22. The molecule has 27 heavy (non-hydrogen) atoms. The number of ether oxygens (including phenoxy) is 1. The molecule has 0 saturated carbocycles. The highest BCUT2D eigenvalue weighted by Gasteiger charge is 2.22. The van der Waals surface area contributed by atoms with Gasteiger partial charge in [0.1, 0.15) is 11.6 Å². The quantitative estimate of drug-likeness (QED) is 0.320. The average Bonchev–Trinajstić information content (AvgIpc) is 2.72. The summed E-state index contributed by atoms with van der Waals surface area (Å²) in [6.07, 6.45) is 3.59. The summed E-state index contributed by atoms with van der Waals surface area (Å²) in [7, 11) is 0. The Balaban J connectivity index is 1.57. The van der Waals surface area contributed by atoms with Gasteiger partial charge < -0.3 is 14.8 Å². The van der Waals surface area contributed by atoms with E-state index in [2.05, 4.69) is 16.2 Å². The maximum Gasteiger partial charge on any atom is 0.219 e. The smallest absolute Gasteiger partial charge is 0.219 e. The molecule has 0 unspecified atom stereocenters. The van der Waals surface area contributed by atoms with Crippen molar-refractivity contribution in [1.29, 1.82) is 0 Å². The molecule has 1 aromatic heterocycles. The van der Waals surface area contributed by atoms with Crippen molar-refractivity contribution in [3.8, 4) is 11.6 Å². The number of aromatic nitrogens is 1. The van der Waals surface area contributed by atoms with E-state index in [4.69, 9.17) is 4.74 Å². The van der Waals surface area contributed by atoms with Gasteiger partial charge in [-0.25, -0.2) is 9.37 Å². The van der Waals surface area contributed by atoms with E-state index in [1.54, 1.807) is 18.3 Å². The van der Waals surface area contributed by atoms with Crippen LogP contribution in [0.5, 0.6) is 11.6 Å². The average molecular weight is 363 g/mol. The summed E-state index contributed by atoms with van der Waals surface area (Å²) in [5.74, 6) is 0.999. The number of nitrogens with zero attached hydrogens (tertiary/aromatic N) is 3. The molecular formula is C21H18FN3O2. The van der Waals surface area contributed by atoms with Crippen molar-refractivity contribution in [2.24, 2.45) is 5.16 Å². The largest absolute Gasteiger partial charge is 0.439 e. The lowest BCUT2D eigenvalue weighted by atomic mass is 10.0. The van der Waals surface area contributed by atoms with E-state index in [0.717, 1.165) is 25.1 Å². The molecule has 0 radical (unpaired) electrons. The molecule has 4 rings (SSSR count). The van der Waals surface area contributed by atoms with Crippen molar-refractivity contribution in [2.45, 2.75) is 12.8 Å². The first kappa shape index (κ1) is 17.0. The first-order valence-corrected chi connectivity index (χ1v) is 8.72. The van der Waals surface area contributed by atoms with E-state index in [0.29, 0.717) is 23.0 Å². The van der Waals surface area contributed by atoms with Crippen molar-refractivity contribution >= 4 is 11.5 Å². The number of fused-ring (bicyclic) bond motifs is 1. The SMILES string of the molecule is O/N=C(/c1ccc(Oc2ccc(F)cc2)nc1)N1CCCc2ccccc21. The van der Waals surface area contributed by atoms with Gasteiger partial charge in [-0.15, -0.1) is 0 Å². The number of rotatable bonds is 3. The van der Waals surface area contributed by atoms with E-state index in [1.165, 1.54) is 29.8 Å². The summed E-state index contributed by atoms with van der Waals surface area (Å²) < 4.78 is 18.6. The van der Waals surface area contributed by atoms with Crippen molar-refractivity contribution in [1.82, 2.24) is 4.98 Å². The second kappa shape index (κ2) is 7.45. The van der Waals surface area contributed by atoms with Crippen LogP contribution in [-0.2, 0) is 6.42 Å². The van der Waals surface area contributed by atoms with Gasteiger partial charge in [0.05, 0.1) is 0 Å². The van der Waals surface area contributed by atoms with Gasteiger partial charge >= 0.3 is 0 Å². The van der Waals surface area contributed by atoms with Gasteiger partial charge in [-0.3, -0.25) is 0 Å². The Hall–Kier alpha value is -3.41. The third-order valence-corrected chi connectivity index (χ3v) is 4.49. The summed E-state index contributed by atoms with van der Waals surface area (Å²) in [5, 5.41) is 13.2. The standard InChI is InChI=1S/C21H18FN3O2/c22-17-8-10-18(11-9-17)27-20-12-7-16(14-23-20)21(24-26)25-13-3-5-15-4-1-2-6-19(15)25/h1-2,4,6-12,14,26H,3,5,13H2/b24-21-. The van der Waals surface area contributed by atoms with Gasteiger partial charge in [0.15, 0.2) is 5.84 Å². The second-order valence-corrected chi connectivity index (χ2v) is 6.25. The Labute approximate surface area is 156 Å². The lowest BCUT2D eigenvalue weighted by Gasteiger charge is -2.31. The van der Waals surface area contributed by atoms with Crippen molar-refractivity contribution in [3.63, 3.8) is 0 Å². The predicted octanol–water partition coefficient (Wildman–Crippen LogP) is 4.60. The zero-order chi connectivity index (χ0) is 18.6. The number of aryl methyl sites for hydroxylation is 1. The summed E-state index contributed by atoms with van der Waals surface area (Å²) in [6, 6.07) is 17.3. The van der Waals surface area contributed by atoms with Gasteiger partial charge in [0.2, 0.25) is 5.88 Å². The van der Waals surface area contributed by atoms with Crippen LogP contribution in [0.2, 0.25) is 0 Å². The Kier molecular flexibility index (Phi) is 4.70. The second-order valence-electron chi connectivity index (χ2n) is 6.25. The van der Waals surface area contributed by atoms with Gasteiger partial charge in [-0.2, -0.15) is 0 Å². The molecule has 0 saturated heterocycles.